The Morgan fingerprint density at radius 2 is 2.21 bits per heavy atom. The van der Waals surface area contributed by atoms with E-state index >= 15 is 0 Å². The first kappa shape index (κ1) is 13.1. The van der Waals surface area contributed by atoms with Crippen molar-refractivity contribution in [1.82, 2.24) is 0 Å². The van der Waals surface area contributed by atoms with E-state index in [4.69, 9.17) is 10.00 Å². The van der Waals surface area contributed by atoms with Crippen LogP contribution in [0, 0.1) is 11.3 Å². The first-order chi connectivity index (χ1) is 9.13. The lowest BCUT2D eigenvalue weighted by Gasteiger charge is -2.26. The lowest BCUT2D eigenvalue weighted by molar-refractivity contribution is -0.156. The number of hydrogen-bond donors (Lipinski definition) is 1. The summed E-state index contributed by atoms with van der Waals surface area (Å²) in [7, 11) is 1.38. The highest BCUT2D eigenvalue weighted by atomic mass is 16.5. The number of allylic oxidation sites excluding steroid dienone is 2. The lowest BCUT2D eigenvalue weighted by atomic mass is 9.88. The van der Waals surface area contributed by atoms with E-state index in [2.05, 4.69) is 6.07 Å². The summed E-state index contributed by atoms with van der Waals surface area (Å²) in [6.07, 6.45) is 5.24. The van der Waals surface area contributed by atoms with Crippen molar-refractivity contribution in [3.8, 4) is 6.07 Å². The smallest absolute Gasteiger partial charge is 0.340 e. The SMILES string of the molecule is COC1(C(=O)O)C=CC(c2ccccc2C#N)=CC1. The van der Waals surface area contributed by atoms with Crippen LogP contribution in [0.4, 0.5) is 0 Å². The van der Waals surface area contributed by atoms with Crippen LogP contribution in [-0.2, 0) is 9.53 Å². The van der Waals surface area contributed by atoms with E-state index in [-0.39, 0.29) is 6.42 Å². The number of aliphatic carboxylic acids is 1. The zero-order valence-corrected chi connectivity index (χ0v) is 10.5. The second-order valence-corrected chi connectivity index (χ2v) is 4.25. The van der Waals surface area contributed by atoms with Gasteiger partial charge in [-0.25, -0.2) is 4.79 Å². The van der Waals surface area contributed by atoms with Gasteiger partial charge in [0.05, 0.1) is 11.6 Å². The van der Waals surface area contributed by atoms with Gasteiger partial charge in [0.2, 0.25) is 0 Å². The molecule has 0 radical (unpaired) electrons. The van der Waals surface area contributed by atoms with Gasteiger partial charge in [-0.3, -0.25) is 0 Å². The van der Waals surface area contributed by atoms with E-state index in [9.17, 15) is 9.90 Å². The summed E-state index contributed by atoms with van der Waals surface area (Å²) in [4.78, 5) is 11.2. The molecular weight excluding hydrogens is 242 g/mol. The number of carboxylic acid groups (broad SMARTS) is 1. The molecular formula is C15H13NO3. The van der Waals surface area contributed by atoms with E-state index in [0.29, 0.717) is 5.56 Å². The van der Waals surface area contributed by atoms with Crippen LogP contribution in [0.15, 0.2) is 42.5 Å². The first-order valence-electron chi connectivity index (χ1n) is 5.80. The second kappa shape index (κ2) is 5.09. The van der Waals surface area contributed by atoms with Gasteiger partial charge >= 0.3 is 5.97 Å². The van der Waals surface area contributed by atoms with Gasteiger partial charge in [0, 0.05) is 13.5 Å². The van der Waals surface area contributed by atoms with Crippen LogP contribution in [0.2, 0.25) is 0 Å². The van der Waals surface area contributed by atoms with Gasteiger partial charge in [0.15, 0.2) is 5.60 Å². The molecule has 19 heavy (non-hydrogen) atoms. The molecule has 0 saturated carbocycles. The Morgan fingerprint density at radius 1 is 1.47 bits per heavy atom. The van der Waals surface area contributed by atoms with E-state index in [1.807, 2.05) is 12.1 Å². The predicted molar refractivity (Wildman–Crippen MR) is 70.3 cm³/mol. The third-order valence-electron chi connectivity index (χ3n) is 3.24. The standard InChI is InChI=1S/C15H13NO3/c1-19-15(14(17)18)8-6-11(7-9-15)13-5-3-2-4-12(13)10-16/h2-8H,9H2,1H3,(H,17,18). The number of carboxylic acids is 1. The van der Waals surface area contributed by atoms with Crippen molar-refractivity contribution in [2.45, 2.75) is 12.0 Å². The first-order valence-corrected chi connectivity index (χ1v) is 5.80. The fourth-order valence-electron chi connectivity index (χ4n) is 2.05. The molecule has 0 bridgehead atoms. The summed E-state index contributed by atoms with van der Waals surface area (Å²) in [5, 5.41) is 18.3. The third kappa shape index (κ3) is 2.28. The van der Waals surface area contributed by atoms with Crippen LogP contribution in [0.25, 0.3) is 5.57 Å². The monoisotopic (exact) mass is 255 g/mol. The summed E-state index contributed by atoms with van der Waals surface area (Å²) >= 11 is 0. The molecule has 2 rings (SSSR count). The Bertz CT molecular complexity index is 610. The number of hydrogen-bond acceptors (Lipinski definition) is 3. The highest BCUT2D eigenvalue weighted by Crippen LogP contribution is 2.30. The molecule has 1 atom stereocenters. The lowest BCUT2D eigenvalue weighted by Crippen LogP contribution is -2.39. The van der Waals surface area contributed by atoms with Crippen molar-refractivity contribution >= 4 is 11.5 Å². The summed E-state index contributed by atoms with van der Waals surface area (Å²) < 4.78 is 5.09. The maximum absolute atomic E-state index is 11.2. The average molecular weight is 255 g/mol. The van der Waals surface area contributed by atoms with Crippen molar-refractivity contribution in [2.75, 3.05) is 7.11 Å². The van der Waals surface area contributed by atoms with Crippen LogP contribution >= 0.6 is 0 Å². The molecule has 0 heterocycles. The number of rotatable bonds is 3. The van der Waals surface area contributed by atoms with Crippen LogP contribution in [0.1, 0.15) is 17.5 Å². The molecule has 0 fully saturated rings. The largest absolute Gasteiger partial charge is 0.479 e. The maximum Gasteiger partial charge on any atom is 0.340 e. The minimum absolute atomic E-state index is 0.241. The molecule has 0 amide bonds. The maximum atomic E-state index is 11.2. The summed E-state index contributed by atoms with van der Waals surface area (Å²) in [6, 6.07) is 9.35. The van der Waals surface area contributed by atoms with Gasteiger partial charge in [-0.05, 0) is 23.3 Å². The highest BCUT2D eigenvalue weighted by molar-refractivity contribution is 5.86. The predicted octanol–water partition coefficient (Wildman–Crippen LogP) is 2.37. The van der Waals surface area contributed by atoms with Gasteiger partial charge in [-0.15, -0.1) is 0 Å². The Kier molecular flexibility index (Phi) is 3.50. The minimum Gasteiger partial charge on any atom is -0.479 e. The molecule has 0 aliphatic heterocycles. The fraction of sp³-hybridized carbons (Fsp3) is 0.200. The van der Waals surface area contributed by atoms with Crippen LogP contribution in [0.3, 0.4) is 0 Å². The average Bonchev–Trinajstić information content (AvgIpc) is 2.47. The second-order valence-electron chi connectivity index (χ2n) is 4.25. The molecule has 0 spiro atoms. The summed E-state index contributed by atoms with van der Waals surface area (Å²) in [6.45, 7) is 0. The molecule has 1 N–H and O–H groups in total. The molecule has 4 nitrogen and oxygen atoms in total. The number of nitrogens with zero attached hydrogens (tertiary/aromatic N) is 1. The molecule has 1 unspecified atom stereocenters. The molecule has 1 aliphatic rings. The Morgan fingerprint density at radius 3 is 2.74 bits per heavy atom. The topological polar surface area (TPSA) is 70.3 Å². The van der Waals surface area contributed by atoms with E-state index in [0.717, 1.165) is 11.1 Å². The Balaban J connectivity index is 2.35. The minimum atomic E-state index is -1.30. The van der Waals surface area contributed by atoms with Crippen molar-refractivity contribution in [2.24, 2.45) is 0 Å². The summed E-state index contributed by atoms with van der Waals surface area (Å²) in [5.41, 5.74) is 0.909. The van der Waals surface area contributed by atoms with Crippen molar-refractivity contribution < 1.29 is 14.6 Å². The number of methoxy groups -OCH3 is 1. The Hall–Kier alpha value is -2.38. The molecule has 1 aromatic rings. The number of ether oxygens (including phenoxy) is 1. The zero-order valence-electron chi connectivity index (χ0n) is 10.5. The van der Waals surface area contributed by atoms with E-state index in [1.54, 1.807) is 24.3 Å². The van der Waals surface area contributed by atoms with Crippen molar-refractivity contribution in [3.63, 3.8) is 0 Å². The molecule has 1 aliphatic carbocycles. The van der Waals surface area contributed by atoms with Gasteiger partial charge in [0.25, 0.3) is 0 Å². The number of nitriles is 1. The van der Waals surface area contributed by atoms with Gasteiger partial charge in [-0.2, -0.15) is 5.26 Å². The van der Waals surface area contributed by atoms with E-state index in [1.165, 1.54) is 13.2 Å². The van der Waals surface area contributed by atoms with E-state index < -0.39 is 11.6 Å². The molecule has 0 aromatic heterocycles. The summed E-state index contributed by atoms with van der Waals surface area (Å²) in [5.74, 6) is -1.02. The Labute approximate surface area is 111 Å². The van der Waals surface area contributed by atoms with Crippen molar-refractivity contribution in [1.29, 1.82) is 5.26 Å². The van der Waals surface area contributed by atoms with Gasteiger partial charge in [0.1, 0.15) is 0 Å². The van der Waals surface area contributed by atoms with Crippen LogP contribution in [0.5, 0.6) is 0 Å². The van der Waals surface area contributed by atoms with Gasteiger partial charge in [-0.1, -0.05) is 30.4 Å². The number of benzene rings is 1. The van der Waals surface area contributed by atoms with Crippen LogP contribution in [-0.4, -0.2) is 23.8 Å². The molecule has 1 aromatic carbocycles. The quantitative estimate of drug-likeness (QED) is 0.900. The fourth-order valence-corrected chi connectivity index (χ4v) is 2.05. The number of carbonyl (C=O) groups is 1. The third-order valence-corrected chi connectivity index (χ3v) is 3.24. The molecule has 0 saturated heterocycles. The molecule has 4 heteroatoms. The van der Waals surface area contributed by atoms with Crippen molar-refractivity contribution in [3.05, 3.63) is 53.6 Å². The molecule has 96 valence electrons. The highest BCUT2D eigenvalue weighted by Gasteiger charge is 2.36. The normalized spacial score (nSPS) is 21.6. The zero-order chi connectivity index (χ0) is 13.9. The van der Waals surface area contributed by atoms with Gasteiger partial charge < -0.3 is 9.84 Å². The van der Waals surface area contributed by atoms with Crippen LogP contribution < -0.4 is 0 Å².